The fraction of sp³-hybridized carbons (Fsp3) is 0.136. The molecule has 0 spiro atoms. The van der Waals surface area contributed by atoms with Crippen LogP contribution in [0.15, 0.2) is 65.4 Å². The summed E-state index contributed by atoms with van der Waals surface area (Å²) in [6.07, 6.45) is 0. The molecule has 5 nitrogen and oxygen atoms in total. The molecule has 1 atom stereocenters. The van der Waals surface area contributed by atoms with Gasteiger partial charge >= 0.3 is 0 Å². The fourth-order valence-electron chi connectivity index (χ4n) is 3.27. The quantitative estimate of drug-likeness (QED) is 0.376. The maximum absolute atomic E-state index is 13.0. The van der Waals surface area contributed by atoms with Crippen molar-refractivity contribution in [3.63, 3.8) is 0 Å². The standard InChI is InChI=1S/C22H19ClN4OS2/c1-14-3-2-4-16(11-14)21-25-26-22(29)27(21)12-19(28)24-20(17-9-10-30-13-17)15-5-7-18(23)8-6-15/h2-11,13,20H,12H2,1H3,(H,24,28)(H,26,29). The van der Waals surface area contributed by atoms with Crippen LogP contribution in [0.3, 0.4) is 0 Å². The second kappa shape index (κ2) is 8.95. The molecule has 0 radical (unpaired) electrons. The monoisotopic (exact) mass is 454 g/mol. The van der Waals surface area contributed by atoms with Gasteiger partial charge in [0.15, 0.2) is 10.6 Å². The molecule has 2 aromatic carbocycles. The first kappa shape index (κ1) is 20.5. The minimum absolute atomic E-state index is 0.0623. The molecule has 0 aliphatic carbocycles. The van der Waals surface area contributed by atoms with Crippen molar-refractivity contribution in [1.82, 2.24) is 20.1 Å². The van der Waals surface area contributed by atoms with Crippen molar-refractivity contribution in [2.75, 3.05) is 0 Å². The Hall–Kier alpha value is -2.74. The normalized spacial score (nSPS) is 11.9. The van der Waals surface area contributed by atoms with Gasteiger partial charge in [0.2, 0.25) is 5.91 Å². The van der Waals surface area contributed by atoms with E-state index in [1.807, 2.05) is 72.3 Å². The number of hydrogen-bond acceptors (Lipinski definition) is 4. The van der Waals surface area contributed by atoms with Crippen molar-refractivity contribution in [3.8, 4) is 11.4 Å². The van der Waals surface area contributed by atoms with Gasteiger partial charge in [0.05, 0.1) is 6.04 Å². The van der Waals surface area contributed by atoms with E-state index in [2.05, 4.69) is 15.5 Å². The summed E-state index contributed by atoms with van der Waals surface area (Å²) in [5.74, 6) is 0.477. The maximum atomic E-state index is 13.0. The van der Waals surface area contributed by atoms with Crippen LogP contribution in [0.25, 0.3) is 11.4 Å². The number of carbonyl (C=O) groups is 1. The highest BCUT2D eigenvalue weighted by molar-refractivity contribution is 7.71. The number of halogens is 1. The van der Waals surface area contributed by atoms with E-state index in [9.17, 15) is 4.79 Å². The van der Waals surface area contributed by atoms with Crippen LogP contribution in [0.2, 0.25) is 5.02 Å². The van der Waals surface area contributed by atoms with Gasteiger partial charge in [0.1, 0.15) is 6.54 Å². The molecular formula is C22H19ClN4OS2. The van der Waals surface area contributed by atoms with Gasteiger partial charge < -0.3 is 5.32 Å². The van der Waals surface area contributed by atoms with Gasteiger partial charge in [-0.3, -0.25) is 14.5 Å². The van der Waals surface area contributed by atoms with Crippen molar-refractivity contribution in [2.24, 2.45) is 0 Å². The third kappa shape index (κ3) is 4.53. The number of hydrogen-bond donors (Lipinski definition) is 2. The van der Waals surface area contributed by atoms with E-state index in [4.69, 9.17) is 23.8 Å². The average molecular weight is 455 g/mol. The Balaban J connectivity index is 1.60. The van der Waals surface area contributed by atoms with Gasteiger partial charge in [-0.15, -0.1) is 0 Å². The lowest BCUT2D eigenvalue weighted by molar-refractivity contribution is -0.122. The zero-order chi connectivity index (χ0) is 21.1. The van der Waals surface area contributed by atoms with Crippen LogP contribution in [-0.2, 0) is 11.3 Å². The Labute approximate surface area is 188 Å². The Morgan fingerprint density at radius 1 is 1.23 bits per heavy atom. The molecule has 4 aromatic rings. The zero-order valence-corrected chi connectivity index (χ0v) is 18.5. The summed E-state index contributed by atoms with van der Waals surface area (Å²) in [5.41, 5.74) is 3.99. The smallest absolute Gasteiger partial charge is 0.240 e. The molecule has 2 N–H and O–H groups in total. The summed E-state index contributed by atoms with van der Waals surface area (Å²) in [6, 6.07) is 17.2. The number of aryl methyl sites for hydroxylation is 1. The van der Waals surface area contributed by atoms with Crippen molar-refractivity contribution in [1.29, 1.82) is 0 Å². The summed E-state index contributed by atoms with van der Waals surface area (Å²) in [4.78, 5) is 13.0. The molecule has 4 rings (SSSR count). The molecule has 1 amide bonds. The first-order valence-corrected chi connectivity index (χ1v) is 11.0. The van der Waals surface area contributed by atoms with Gasteiger partial charge in [-0.25, -0.2) is 0 Å². The average Bonchev–Trinajstić information content (AvgIpc) is 3.38. The van der Waals surface area contributed by atoms with Gasteiger partial charge in [-0.2, -0.15) is 16.4 Å². The van der Waals surface area contributed by atoms with Crippen molar-refractivity contribution < 1.29 is 4.79 Å². The molecule has 30 heavy (non-hydrogen) atoms. The molecule has 0 saturated heterocycles. The van der Waals surface area contributed by atoms with Gasteiger partial charge in [0.25, 0.3) is 0 Å². The van der Waals surface area contributed by atoms with Crippen LogP contribution in [-0.4, -0.2) is 20.7 Å². The van der Waals surface area contributed by atoms with E-state index in [1.54, 1.807) is 15.9 Å². The molecule has 0 saturated carbocycles. The number of carbonyl (C=O) groups excluding carboxylic acids is 1. The number of nitrogens with one attached hydrogen (secondary N) is 2. The Kier molecular flexibility index (Phi) is 6.13. The highest BCUT2D eigenvalue weighted by Gasteiger charge is 2.19. The number of rotatable bonds is 6. The summed E-state index contributed by atoms with van der Waals surface area (Å²) >= 11 is 13.0. The number of aromatic amines is 1. The van der Waals surface area contributed by atoms with Crippen molar-refractivity contribution in [2.45, 2.75) is 19.5 Å². The van der Waals surface area contributed by atoms with Gasteiger partial charge in [-0.1, -0.05) is 47.5 Å². The van der Waals surface area contributed by atoms with E-state index in [1.165, 1.54) is 0 Å². The number of H-pyrrole nitrogens is 1. The minimum atomic E-state index is -0.274. The summed E-state index contributed by atoms with van der Waals surface area (Å²) in [6.45, 7) is 2.08. The lowest BCUT2D eigenvalue weighted by Gasteiger charge is -2.19. The zero-order valence-electron chi connectivity index (χ0n) is 16.1. The van der Waals surface area contributed by atoms with Crippen molar-refractivity contribution >= 4 is 41.1 Å². The van der Waals surface area contributed by atoms with E-state index in [0.717, 1.165) is 22.3 Å². The second-order valence-electron chi connectivity index (χ2n) is 6.92. The molecule has 0 aliphatic rings. The minimum Gasteiger partial charge on any atom is -0.344 e. The topological polar surface area (TPSA) is 62.7 Å². The number of nitrogens with zero attached hydrogens (tertiary/aromatic N) is 2. The van der Waals surface area contributed by atoms with Crippen molar-refractivity contribution in [3.05, 3.63) is 91.8 Å². The Bertz CT molecular complexity index is 1210. The highest BCUT2D eigenvalue weighted by atomic mass is 35.5. The third-order valence-electron chi connectivity index (χ3n) is 4.72. The second-order valence-corrected chi connectivity index (χ2v) is 8.52. The van der Waals surface area contributed by atoms with Crippen LogP contribution < -0.4 is 5.32 Å². The molecule has 1 unspecified atom stereocenters. The molecule has 0 aliphatic heterocycles. The SMILES string of the molecule is Cc1cccc(-c2n[nH]c(=S)n2CC(=O)NC(c2ccc(Cl)cc2)c2ccsc2)c1. The predicted molar refractivity (Wildman–Crippen MR) is 123 cm³/mol. The first-order valence-electron chi connectivity index (χ1n) is 9.30. The number of benzene rings is 2. The Morgan fingerprint density at radius 3 is 2.73 bits per heavy atom. The van der Waals surface area contributed by atoms with E-state index < -0.39 is 0 Å². The molecule has 2 heterocycles. The lowest BCUT2D eigenvalue weighted by atomic mass is 10.0. The van der Waals surface area contributed by atoms with Crippen LogP contribution in [0.5, 0.6) is 0 Å². The summed E-state index contributed by atoms with van der Waals surface area (Å²) in [7, 11) is 0. The largest absolute Gasteiger partial charge is 0.344 e. The maximum Gasteiger partial charge on any atom is 0.240 e. The molecule has 152 valence electrons. The van der Waals surface area contributed by atoms with E-state index >= 15 is 0 Å². The molecule has 0 bridgehead atoms. The Morgan fingerprint density at radius 2 is 2.03 bits per heavy atom. The molecule has 8 heteroatoms. The summed E-state index contributed by atoms with van der Waals surface area (Å²) < 4.78 is 2.12. The number of thiophene rings is 1. The molecule has 2 aromatic heterocycles. The van der Waals surface area contributed by atoms with Crippen LogP contribution in [0.1, 0.15) is 22.7 Å². The predicted octanol–water partition coefficient (Wildman–Crippen LogP) is 5.54. The third-order valence-corrected chi connectivity index (χ3v) is 5.99. The van der Waals surface area contributed by atoms with Gasteiger partial charge in [0, 0.05) is 10.6 Å². The summed E-state index contributed by atoms with van der Waals surface area (Å²) in [5, 5.41) is 14.9. The lowest BCUT2D eigenvalue weighted by Crippen LogP contribution is -2.32. The molecular weight excluding hydrogens is 436 g/mol. The fourth-order valence-corrected chi connectivity index (χ4v) is 4.28. The number of aromatic nitrogens is 3. The van der Waals surface area contributed by atoms with Crippen LogP contribution in [0, 0.1) is 11.7 Å². The van der Waals surface area contributed by atoms with E-state index in [-0.39, 0.29) is 18.5 Å². The molecule has 0 fully saturated rings. The van der Waals surface area contributed by atoms with Crippen LogP contribution in [0.4, 0.5) is 0 Å². The van der Waals surface area contributed by atoms with Gasteiger partial charge in [-0.05, 0) is 65.3 Å². The van der Waals surface area contributed by atoms with Crippen LogP contribution >= 0.6 is 35.2 Å². The highest BCUT2D eigenvalue weighted by Crippen LogP contribution is 2.26. The van der Waals surface area contributed by atoms with E-state index in [0.29, 0.717) is 15.6 Å². The first-order chi connectivity index (χ1) is 14.5. The number of amides is 1.